The van der Waals surface area contributed by atoms with Crippen molar-refractivity contribution in [2.24, 2.45) is 0 Å². The standard InChI is InChI=1S/C7H10INO2/c8-3-5-1-2-7(11-5)6(10)4-9/h5-7,10H,1-3H2/t5-,6-,7-/m0/s1. The predicted octanol–water partition coefficient (Wildman–Crippen LogP) is 0.853. The van der Waals surface area contributed by atoms with Crippen molar-refractivity contribution in [1.29, 1.82) is 5.26 Å². The molecule has 0 saturated carbocycles. The van der Waals surface area contributed by atoms with Gasteiger partial charge in [0, 0.05) is 4.43 Å². The Morgan fingerprint density at radius 2 is 2.45 bits per heavy atom. The van der Waals surface area contributed by atoms with Gasteiger partial charge in [0.05, 0.1) is 18.3 Å². The summed E-state index contributed by atoms with van der Waals surface area (Å²) in [5.41, 5.74) is 0. The predicted molar refractivity (Wildman–Crippen MR) is 48.4 cm³/mol. The molecule has 0 aromatic heterocycles. The maximum atomic E-state index is 9.08. The second kappa shape index (κ2) is 4.24. The van der Waals surface area contributed by atoms with Crippen LogP contribution in [0.25, 0.3) is 0 Å². The molecule has 0 spiro atoms. The first-order chi connectivity index (χ1) is 5.27. The molecule has 0 aromatic carbocycles. The molecule has 1 saturated heterocycles. The Morgan fingerprint density at radius 3 is 2.91 bits per heavy atom. The van der Waals surface area contributed by atoms with E-state index >= 15 is 0 Å². The molecule has 4 heteroatoms. The summed E-state index contributed by atoms with van der Waals surface area (Å²) in [5.74, 6) is 0. The molecule has 11 heavy (non-hydrogen) atoms. The van der Waals surface area contributed by atoms with Crippen LogP contribution in [-0.4, -0.2) is 27.8 Å². The van der Waals surface area contributed by atoms with Gasteiger partial charge in [-0.1, -0.05) is 22.6 Å². The normalized spacial score (nSPS) is 33.2. The van der Waals surface area contributed by atoms with Crippen LogP contribution in [0, 0.1) is 11.3 Å². The number of ether oxygens (including phenoxy) is 1. The Bertz CT molecular complexity index is 168. The van der Waals surface area contributed by atoms with Gasteiger partial charge >= 0.3 is 0 Å². The molecule has 1 rings (SSSR count). The lowest BCUT2D eigenvalue weighted by molar-refractivity contribution is -0.00348. The fraction of sp³-hybridized carbons (Fsp3) is 0.857. The van der Waals surface area contributed by atoms with Gasteiger partial charge in [-0.15, -0.1) is 0 Å². The number of halogens is 1. The highest BCUT2D eigenvalue weighted by Gasteiger charge is 2.29. The monoisotopic (exact) mass is 267 g/mol. The summed E-state index contributed by atoms with van der Waals surface area (Å²) < 4.78 is 6.32. The van der Waals surface area contributed by atoms with Gasteiger partial charge in [-0.2, -0.15) is 5.26 Å². The van der Waals surface area contributed by atoms with Gasteiger partial charge in [0.2, 0.25) is 0 Å². The molecule has 1 aliphatic heterocycles. The molecule has 0 amide bonds. The number of hydrogen-bond donors (Lipinski definition) is 1. The maximum Gasteiger partial charge on any atom is 0.166 e. The molecule has 1 heterocycles. The second-order valence-electron chi connectivity index (χ2n) is 2.60. The third-order valence-corrected chi connectivity index (χ3v) is 2.78. The maximum absolute atomic E-state index is 9.08. The van der Waals surface area contributed by atoms with Crippen molar-refractivity contribution in [3.63, 3.8) is 0 Å². The zero-order chi connectivity index (χ0) is 8.27. The number of nitrogens with zero attached hydrogens (tertiary/aromatic N) is 1. The minimum absolute atomic E-state index is 0.239. The fourth-order valence-corrected chi connectivity index (χ4v) is 1.81. The van der Waals surface area contributed by atoms with Crippen LogP contribution < -0.4 is 0 Å². The zero-order valence-electron chi connectivity index (χ0n) is 6.03. The van der Waals surface area contributed by atoms with E-state index in [-0.39, 0.29) is 12.2 Å². The van der Waals surface area contributed by atoms with Crippen molar-refractivity contribution in [1.82, 2.24) is 0 Å². The molecule has 0 radical (unpaired) electrons. The van der Waals surface area contributed by atoms with E-state index < -0.39 is 6.10 Å². The van der Waals surface area contributed by atoms with Crippen LogP contribution in [0.4, 0.5) is 0 Å². The number of nitriles is 1. The quantitative estimate of drug-likeness (QED) is 0.458. The summed E-state index contributed by atoms with van der Waals surface area (Å²) in [6.07, 6.45) is 0.820. The number of hydrogen-bond acceptors (Lipinski definition) is 3. The van der Waals surface area contributed by atoms with E-state index in [1.807, 2.05) is 0 Å². The molecule has 0 aromatic rings. The van der Waals surface area contributed by atoms with Crippen LogP contribution >= 0.6 is 22.6 Å². The SMILES string of the molecule is N#C[C@H](O)[C@@H]1CC[C@@H](CI)O1. The molecule has 1 N–H and O–H groups in total. The molecular formula is C7H10INO2. The summed E-state index contributed by atoms with van der Waals surface area (Å²) in [7, 11) is 0. The average Bonchev–Trinajstić information content (AvgIpc) is 2.50. The van der Waals surface area contributed by atoms with Crippen molar-refractivity contribution in [2.45, 2.75) is 31.2 Å². The molecule has 1 aliphatic rings. The van der Waals surface area contributed by atoms with Gasteiger partial charge in [-0.3, -0.25) is 0 Å². The van der Waals surface area contributed by atoms with E-state index in [0.717, 1.165) is 17.3 Å². The molecule has 0 bridgehead atoms. The second-order valence-corrected chi connectivity index (χ2v) is 3.48. The lowest BCUT2D eigenvalue weighted by Gasteiger charge is -2.11. The zero-order valence-corrected chi connectivity index (χ0v) is 8.19. The minimum Gasteiger partial charge on any atom is -0.375 e. The van der Waals surface area contributed by atoms with Gasteiger partial charge in [-0.25, -0.2) is 0 Å². The molecule has 0 aliphatic carbocycles. The van der Waals surface area contributed by atoms with E-state index in [1.165, 1.54) is 0 Å². The molecular weight excluding hydrogens is 257 g/mol. The van der Waals surface area contributed by atoms with E-state index in [9.17, 15) is 0 Å². The van der Waals surface area contributed by atoms with Crippen molar-refractivity contribution in [3.8, 4) is 6.07 Å². The average molecular weight is 267 g/mol. The Morgan fingerprint density at radius 1 is 1.73 bits per heavy atom. The fourth-order valence-electron chi connectivity index (χ4n) is 1.16. The Labute approximate surface area is 79.5 Å². The minimum atomic E-state index is -0.942. The molecule has 1 fully saturated rings. The van der Waals surface area contributed by atoms with Gasteiger partial charge in [-0.05, 0) is 12.8 Å². The van der Waals surface area contributed by atoms with Crippen molar-refractivity contribution < 1.29 is 9.84 Å². The highest BCUT2D eigenvalue weighted by molar-refractivity contribution is 14.1. The lowest BCUT2D eigenvalue weighted by atomic mass is 10.1. The first-order valence-corrected chi connectivity index (χ1v) is 5.09. The Kier molecular flexibility index (Phi) is 3.55. The molecule has 3 atom stereocenters. The van der Waals surface area contributed by atoms with E-state index in [2.05, 4.69) is 22.6 Å². The Hall–Kier alpha value is 0.140. The smallest absolute Gasteiger partial charge is 0.166 e. The highest BCUT2D eigenvalue weighted by Crippen LogP contribution is 2.23. The van der Waals surface area contributed by atoms with Crippen LogP contribution in [0.1, 0.15) is 12.8 Å². The summed E-state index contributed by atoms with van der Waals surface area (Å²) in [4.78, 5) is 0. The van der Waals surface area contributed by atoms with Crippen LogP contribution in [-0.2, 0) is 4.74 Å². The number of aliphatic hydroxyl groups excluding tert-OH is 1. The lowest BCUT2D eigenvalue weighted by Crippen LogP contribution is -2.24. The van der Waals surface area contributed by atoms with Crippen LogP contribution in [0.5, 0.6) is 0 Å². The van der Waals surface area contributed by atoms with Gasteiger partial charge < -0.3 is 9.84 Å². The Balaban J connectivity index is 2.36. The van der Waals surface area contributed by atoms with E-state index in [0.29, 0.717) is 0 Å². The third-order valence-electron chi connectivity index (χ3n) is 1.80. The summed E-state index contributed by atoms with van der Waals surface area (Å²) >= 11 is 2.25. The van der Waals surface area contributed by atoms with Crippen LogP contribution in [0.2, 0.25) is 0 Å². The first-order valence-electron chi connectivity index (χ1n) is 3.57. The number of rotatable bonds is 2. The summed E-state index contributed by atoms with van der Waals surface area (Å²) in [6.45, 7) is 0. The first kappa shape index (κ1) is 9.23. The van der Waals surface area contributed by atoms with Gasteiger partial charge in [0.25, 0.3) is 0 Å². The van der Waals surface area contributed by atoms with Crippen molar-refractivity contribution in [2.75, 3.05) is 4.43 Å². The highest BCUT2D eigenvalue weighted by atomic mass is 127. The topological polar surface area (TPSA) is 53.2 Å². The summed E-state index contributed by atoms with van der Waals surface area (Å²) in [6, 6.07) is 1.78. The largest absolute Gasteiger partial charge is 0.375 e. The molecule has 0 unspecified atom stereocenters. The van der Waals surface area contributed by atoms with Crippen molar-refractivity contribution in [3.05, 3.63) is 0 Å². The van der Waals surface area contributed by atoms with Gasteiger partial charge in [0.1, 0.15) is 0 Å². The molecule has 62 valence electrons. The summed E-state index contributed by atoms with van der Waals surface area (Å²) in [5, 5.41) is 17.5. The van der Waals surface area contributed by atoms with E-state index in [4.69, 9.17) is 15.1 Å². The van der Waals surface area contributed by atoms with Crippen LogP contribution in [0.15, 0.2) is 0 Å². The van der Waals surface area contributed by atoms with Gasteiger partial charge in [0.15, 0.2) is 6.10 Å². The molecule has 3 nitrogen and oxygen atoms in total. The van der Waals surface area contributed by atoms with Crippen LogP contribution in [0.3, 0.4) is 0 Å². The van der Waals surface area contributed by atoms with E-state index in [1.54, 1.807) is 6.07 Å². The third kappa shape index (κ3) is 2.29. The number of aliphatic hydroxyl groups is 1. The van der Waals surface area contributed by atoms with Crippen molar-refractivity contribution >= 4 is 22.6 Å². The number of alkyl halides is 1.